The second-order valence-corrected chi connectivity index (χ2v) is 5.86. The van der Waals surface area contributed by atoms with E-state index < -0.39 is 12.1 Å². The van der Waals surface area contributed by atoms with Crippen LogP contribution in [0.1, 0.15) is 24.7 Å². The molecule has 1 fully saturated rings. The van der Waals surface area contributed by atoms with Crippen molar-refractivity contribution in [1.29, 1.82) is 0 Å². The quantitative estimate of drug-likeness (QED) is 0.700. The molecule has 0 saturated carbocycles. The number of carboxylic acids is 1. The van der Waals surface area contributed by atoms with Gasteiger partial charge < -0.3 is 14.9 Å². The van der Waals surface area contributed by atoms with Gasteiger partial charge in [-0.1, -0.05) is 0 Å². The van der Waals surface area contributed by atoms with Crippen molar-refractivity contribution in [2.45, 2.75) is 24.9 Å². The Kier molecular flexibility index (Phi) is 5.40. The molecule has 4 heterocycles. The summed E-state index contributed by atoms with van der Waals surface area (Å²) in [7, 11) is 0. The number of aromatic nitrogens is 4. The van der Waals surface area contributed by atoms with Gasteiger partial charge in [-0.05, 0) is 49.3 Å². The van der Waals surface area contributed by atoms with Crippen LogP contribution in [0.25, 0.3) is 17.0 Å². The van der Waals surface area contributed by atoms with Gasteiger partial charge in [0.1, 0.15) is 5.65 Å². The molecule has 2 N–H and O–H groups in total. The molecule has 27 heavy (non-hydrogen) atoms. The molecule has 0 amide bonds. The summed E-state index contributed by atoms with van der Waals surface area (Å²) >= 11 is 0. The normalized spacial score (nSPS) is 15.4. The van der Waals surface area contributed by atoms with Crippen LogP contribution in [0.4, 0.5) is 13.2 Å². The summed E-state index contributed by atoms with van der Waals surface area (Å²) in [5, 5.41) is 15.6. The standard InChI is InChI=1S/C14H15N5O.C2HF3O2/c1-2-10-5-9-19(12(10)16-6-1)14-17-13(20-18-14)11-3-7-15-8-4-11;3-2(4,5)1(6)7/h1-2,5-6,9,11,15H,3-4,7-8H2;(H,6,7). The number of carboxylic acid groups (broad SMARTS) is 1. The van der Waals surface area contributed by atoms with Gasteiger partial charge in [-0.2, -0.15) is 18.2 Å². The van der Waals surface area contributed by atoms with Crippen molar-refractivity contribution >= 4 is 17.0 Å². The van der Waals surface area contributed by atoms with Crippen molar-refractivity contribution in [2.75, 3.05) is 13.1 Å². The summed E-state index contributed by atoms with van der Waals surface area (Å²) in [6.45, 7) is 2.02. The number of rotatable bonds is 2. The molecule has 0 aromatic carbocycles. The highest BCUT2D eigenvalue weighted by Crippen LogP contribution is 2.25. The van der Waals surface area contributed by atoms with Crippen molar-refractivity contribution in [2.24, 2.45) is 0 Å². The van der Waals surface area contributed by atoms with E-state index >= 15 is 0 Å². The third-order valence-electron chi connectivity index (χ3n) is 4.03. The predicted molar refractivity (Wildman–Crippen MR) is 87.5 cm³/mol. The second kappa shape index (κ2) is 7.74. The average Bonchev–Trinajstić information content (AvgIpc) is 3.29. The first-order valence-electron chi connectivity index (χ1n) is 8.13. The molecule has 11 heteroatoms. The molecule has 0 radical (unpaired) electrons. The predicted octanol–water partition coefficient (Wildman–Crippen LogP) is 2.51. The molecule has 4 rings (SSSR count). The summed E-state index contributed by atoms with van der Waals surface area (Å²) in [6, 6.07) is 5.94. The number of hydrogen-bond donors (Lipinski definition) is 2. The van der Waals surface area contributed by atoms with Gasteiger partial charge in [0.25, 0.3) is 5.95 Å². The third-order valence-corrected chi connectivity index (χ3v) is 4.03. The summed E-state index contributed by atoms with van der Waals surface area (Å²) in [5.74, 6) is -1.09. The van der Waals surface area contributed by atoms with E-state index in [0.717, 1.165) is 42.9 Å². The van der Waals surface area contributed by atoms with Crippen molar-refractivity contribution in [3.63, 3.8) is 0 Å². The highest BCUT2D eigenvalue weighted by Gasteiger charge is 2.38. The Morgan fingerprint density at radius 1 is 1.30 bits per heavy atom. The molecule has 0 unspecified atom stereocenters. The van der Waals surface area contributed by atoms with Crippen molar-refractivity contribution < 1.29 is 27.6 Å². The van der Waals surface area contributed by atoms with Gasteiger partial charge in [0.2, 0.25) is 5.89 Å². The lowest BCUT2D eigenvalue weighted by molar-refractivity contribution is -0.192. The van der Waals surface area contributed by atoms with Crippen LogP contribution in [0.3, 0.4) is 0 Å². The van der Waals surface area contributed by atoms with Crippen LogP contribution in [0.2, 0.25) is 0 Å². The highest BCUT2D eigenvalue weighted by atomic mass is 19.4. The van der Waals surface area contributed by atoms with Gasteiger partial charge in [-0.15, -0.1) is 0 Å². The summed E-state index contributed by atoms with van der Waals surface area (Å²) in [4.78, 5) is 17.8. The zero-order valence-corrected chi connectivity index (χ0v) is 14.0. The summed E-state index contributed by atoms with van der Waals surface area (Å²) < 4.78 is 39.0. The maximum Gasteiger partial charge on any atom is 0.490 e. The monoisotopic (exact) mass is 383 g/mol. The number of piperidine rings is 1. The average molecular weight is 383 g/mol. The Labute approximate surface area is 151 Å². The van der Waals surface area contributed by atoms with E-state index in [0.29, 0.717) is 11.9 Å². The lowest BCUT2D eigenvalue weighted by Crippen LogP contribution is -2.26. The minimum Gasteiger partial charge on any atom is -0.475 e. The van der Waals surface area contributed by atoms with Gasteiger partial charge in [0.05, 0.1) is 0 Å². The van der Waals surface area contributed by atoms with Crippen LogP contribution in [0.15, 0.2) is 35.1 Å². The van der Waals surface area contributed by atoms with Crippen LogP contribution >= 0.6 is 0 Å². The van der Waals surface area contributed by atoms with Gasteiger partial charge in [-0.3, -0.25) is 4.57 Å². The lowest BCUT2D eigenvalue weighted by Gasteiger charge is -2.18. The topological polar surface area (TPSA) is 106 Å². The molecule has 1 saturated heterocycles. The largest absolute Gasteiger partial charge is 0.490 e. The van der Waals surface area contributed by atoms with Gasteiger partial charge in [0, 0.05) is 23.7 Å². The number of aliphatic carboxylic acids is 1. The van der Waals surface area contributed by atoms with Crippen LogP contribution in [0.5, 0.6) is 0 Å². The summed E-state index contributed by atoms with van der Waals surface area (Å²) in [5.41, 5.74) is 0.852. The molecule has 1 aliphatic rings. The zero-order chi connectivity index (χ0) is 19.4. The molecule has 0 spiro atoms. The Bertz CT molecular complexity index is 915. The lowest BCUT2D eigenvalue weighted by atomic mass is 9.98. The van der Waals surface area contributed by atoms with E-state index in [1.54, 1.807) is 6.20 Å². The van der Waals surface area contributed by atoms with E-state index in [1.807, 2.05) is 29.0 Å². The Morgan fingerprint density at radius 3 is 2.67 bits per heavy atom. The smallest absolute Gasteiger partial charge is 0.475 e. The molecule has 0 aliphatic carbocycles. The second-order valence-electron chi connectivity index (χ2n) is 5.86. The molecular formula is C16H16F3N5O3. The summed E-state index contributed by atoms with van der Waals surface area (Å²) in [6.07, 6.45) is 0.708. The van der Waals surface area contributed by atoms with E-state index in [2.05, 4.69) is 20.4 Å². The number of nitrogens with one attached hydrogen (secondary N) is 1. The van der Waals surface area contributed by atoms with E-state index in [1.165, 1.54) is 0 Å². The van der Waals surface area contributed by atoms with Crippen LogP contribution in [-0.2, 0) is 4.79 Å². The van der Waals surface area contributed by atoms with Crippen molar-refractivity contribution in [1.82, 2.24) is 25.0 Å². The number of fused-ring (bicyclic) bond motifs is 1. The SMILES string of the molecule is O=C(O)C(F)(F)F.c1cnc2c(c1)ccn2-c1noc(C2CCNCC2)n1. The van der Waals surface area contributed by atoms with Gasteiger partial charge in [0.15, 0.2) is 0 Å². The van der Waals surface area contributed by atoms with Crippen molar-refractivity contribution in [3.8, 4) is 5.95 Å². The fraction of sp³-hybridized carbons (Fsp3) is 0.375. The number of pyridine rings is 1. The van der Waals surface area contributed by atoms with E-state index in [9.17, 15) is 13.2 Å². The fourth-order valence-corrected chi connectivity index (χ4v) is 2.69. The highest BCUT2D eigenvalue weighted by molar-refractivity contribution is 5.77. The van der Waals surface area contributed by atoms with E-state index in [-0.39, 0.29) is 0 Å². The Balaban J connectivity index is 0.000000260. The molecular weight excluding hydrogens is 367 g/mol. The number of alkyl halides is 3. The maximum absolute atomic E-state index is 10.6. The zero-order valence-electron chi connectivity index (χ0n) is 14.0. The molecule has 3 aromatic heterocycles. The van der Waals surface area contributed by atoms with Gasteiger partial charge >= 0.3 is 12.1 Å². The molecule has 144 valence electrons. The number of halogens is 3. The number of carbonyl (C=O) groups is 1. The third kappa shape index (κ3) is 4.42. The Hall–Kier alpha value is -2.95. The maximum atomic E-state index is 10.6. The molecule has 0 atom stereocenters. The van der Waals surface area contributed by atoms with Crippen LogP contribution < -0.4 is 5.32 Å². The van der Waals surface area contributed by atoms with Crippen LogP contribution in [-0.4, -0.2) is 50.0 Å². The minimum absolute atomic E-state index is 0.368. The fourth-order valence-electron chi connectivity index (χ4n) is 2.69. The first-order valence-corrected chi connectivity index (χ1v) is 8.13. The van der Waals surface area contributed by atoms with Crippen LogP contribution in [0, 0.1) is 0 Å². The molecule has 0 bridgehead atoms. The van der Waals surface area contributed by atoms with E-state index in [4.69, 9.17) is 14.4 Å². The molecule has 8 nitrogen and oxygen atoms in total. The first-order chi connectivity index (χ1) is 12.9. The van der Waals surface area contributed by atoms with Gasteiger partial charge in [-0.25, -0.2) is 9.78 Å². The number of hydrogen-bond acceptors (Lipinski definition) is 6. The molecule has 1 aliphatic heterocycles. The van der Waals surface area contributed by atoms with Crippen molar-refractivity contribution in [3.05, 3.63) is 36.5 Å². The molecule has 3 aromatic rings. The number of nitrogens with zero attached hydrogens (tertiary/aromatic N) is 4. The minimum atomic E-state index is -5.08. The Morgan fingerprint density at radius 2 is 2.00 bits per heavy atom. The first kappa shape index (κ1) is 18.8.